The number of benzene rings is 2. The Hall–Kier alpha value is -1.30. The maximum absolute atomic E-state index is 8.87. The molecule has 0 heterocycles. The molecule has 0 aromatic heterocycles. The highest BCUT2D eigenvalue weighted by Gasteiger charge is 2.24. The molecule has 0 unspecified atom stereocenters. The molecule has 0 fully saturated rings. The van der Waals surface area contributed by atoms with E-state index in [2.05, 4.69) is 48.5 Å². The summed E-state index contributed by atoms with van der Waals surface area (Å²) in [7, 11) is 0. The van der Waals surface area contributed by atoms with Gasteiger partial charge in [-0.15, -0.1) is 0 Å². The van der Waals surface area contributed by atoms with E-state index in [9.17, 15) is 0 Å². The standard InChI is InChI=1S/C20H28/c1-13-10-9-11-15-17(20(6,7)8)12-16(19(3,4)5)14(2)18(13)15/h9-12H,1-8H3/i9D,10D,12D. The predicted octanol–water partition coefficient (Wildman–Crippen LogP) is 6.05. The topological polar surface area (TPSA) is 0 Å². The van der Waals surface area contributed by atoms with Gasteiger partial charge in [-0.3, -0.25) is 0 Å². The predicted molar refractivity (Wildman–Crippen MR) is 90.8 cm³/mol. The van der Waals surface area contributed by atoms with Crippen LogP contribution < -0.4 is 0 Å². The zero-order valence-corrected chi connectivity index (χ0v) is 14.1. The molecule has 0 aliphatic rings. The van der Waals surface area contributed by atoms with Crippen molar-refractivity contribution in [2.45, 2.75) is 66.2 Å². The Labute approximate surface area is 128 Å². The van der Waals surface area contributed by atoms with Crippen LogP contribution in [0.25, 0.3) is 10.8 Å². The molecule has 0 heteroatoms. The minimum absolute atomic E-state index is 0.135. The highest BCUT2D eigenvalue weighted by atomic mass is 14.3. The Balaban J connectivity index is 3.22. The van der Waals surface area contributed by atoms with Gasteiger partial charge in [-0.25, -0.2) is 0 Å². The zero-order valence-electron chi connectivity index (χ0n) is 17.1. The molecule has 0 N–H and O–H groups in total. The lowest BCUT2D eigenvalue weighted by Crippen LogP contribution is -2.18. The van der Waals surface area contributed by atoms with E-state index in [0.717, 1.165) is 33.0 Å². The van der Waals surface area contributed by atoms with Gasteiger partial charge in [0.1, 0.15) is 0 Å². The summed E-state index contributed by atoms with van der Waals surface area (Å²) in [6, 6.07) is 2.90. The van der Waals surface area contributed by atoms with E-state index in [1.807, 2.05) is 6.92 Å². The number of hydrogen-bond donors (Lipinski definition) is 0. The largest absolute Gasteiger partial charge is 0.0629 e. The van der Waals surface area contributed by atoms with Gasteiger partial charge in [-0.2, -0.15) is 0 Å². The van der Waals surface area contributed by atoms with Crippen LogP contribution >= 0.6 is 0 Å². The van der Waals surface area contributed by atoms with Crippen LogP contribution in [-0.4, -0.2) is 0 Å². The highest BCUT2D eigenvalue weighted by Crippen LogP contribution is 2.39. The molecular weight excluding hydrogens is 240 g/mol. The van der Waals surface area contributed by atoms with Crippen molar-refractivity contribution in [3.8, 4) is 0 Å². The lowest BCUT2D eigenvalue weighted by atomic mass is 9.75. The fourth-order valence-electron chi connectivity index (χ4n) is 2.99. The Kier molecular flexibility index (Phi) is 2.62. The van der Waals surface area contributed by atoms with E-state index >= 15 is 0 Å². The molecule has 0 radical (unpaired) electrons. The Bertz CT molecular complexity index is 788. The number of hydrogen-bond acceptors (Lipinski definition) is 0. The van der Waals surface area contributed by atoms with Crippen molar-refractivity contribution >= 4 is 10.8 Å². The number of fused-ring (bicyclic) bond motifs is 1. The molecule has 0 spiro atoms. The molecule has 20 heavy (non-hydrogen) atoms. The Morgan fingerprint density at radius 3 is 1.95 bits per heavy atom. The fraction of sp³-hybridized carbons (Fsp3) is 0.500. The van der Waals surface area contributed by atoms with Crippen molar-refractivity contribution in [3.63, 3.8) is 0 Å². The third-order valence-electron chi connectivity index (χ3n) is 3.89. The molecule has 2 rings (SSSR count). The first kappa shape index (κ1) is 11.4. The van der Waals surface area contributed by atoms with E-state index < -0.39 is 0 Å². The lowest BCUT2D eigenvalue weighted by molar-refractivity contribution is 0.570. The molecular formula is C20H28. The summed E-state index contributed by atoms with van der Waals surface area (Å²) in [6.07, 6.45) is 0. The number of rotatable bonds is 0. The average molecular weight is 271 g/mol. The van der Waals surface area contributed by atoms with Crippen LogP contribution in [0.15, 0.2) is 24.2 Å². The monoisotopic (exact) mass is 271 g/mol. The van der Waals surface area contributed by atoms with Gasteiger partial charge >= 0.3 is 0 Å². The molecule has 108 valence electrons. The SMILES string of the molecule is [2H]c1cc2c(C(C)(C)C)c([2H])c(C(C)(C)C)c(C)c2c(C)c1[2H]. The molecule has 2 aromatic rings. The molecule has 0 bridgehead atoms. The van der Waals surface area contributed by atoms with Crippen molar-refractivity contribution in [2.24, 2.45) is 0 Å². The second-order valence-electron chi connectivity index (χ2n) is 7.83. The lowest BCUT2D eigenvalue weighted by Gasteiger charge is -2.29. The molecule has 0 aliphatic heterocycles. The van der Waals surface area contributed by atoms with Gasteiger partial charge < -0.3 is 0 Å². The third kappa shape index (κ3) is 2.49. The van der Waals surface area contributed by atoms with E-state index in [1.165, 1.54) is 0 Å². The van der Waals surface area contributed by atoms with Crippen molar-refractivity contribution < 1.29 is 4.11 Å². The van der Waals surface area contributed by atoms with Gasteiger partial charge in [-0.1, -0.05) is 65.7 Å². The van der Waals surface area contributed by atoms with Gasteiger partial charge in [-0.05, 0) is 57.7 Å². The summed E-state index contributed by atoms with van der Waals surface area (Å²) in [4.78, 5) is 0. The summed E-state index contributed by atoms with van der Waals surface area (Å²) in [5, 5.41) is 2.02. The summed E-state index contributed by atoms with van der Waals surface area (Å²) < 4.78 is 25.2. The average Bonchev–Trinajstić information content (AvgIpc) is 2.32. The van der Waals surface area contributed by atoms with Crippen molar-refractivity contribution in [1.82, 2.24) is 0 Å². The highest BCUT2D eigenvalue weighted by molar-refractivity contribution is 5.93. The van der Waals surface area contributed by atoms with E-state index in [1.54, 1.807) is 6.07 Å². The van der Waals surface area contributed by atoms with Gasteiger partial charge in [0.25, 0.3) is 0 Å². The van der Waals surface area contributed by atoms with Gasteiger partial charge in [0.15, 0.2) is 0 Å². The van der Waals surface area contributed by atoms with Crippen LogP contribution in [0.3, 0.4) is 0 Å². The molecule has 0 atom stereocenters. The minimum atomic E-state index is -0.189. The Morgan fingerprint density at radius 1 is 0.900 bits per heavy atom. The molecule has 0 saturated heterocycles. The molecule has 0 aliphatic carbocycles. The fourth-order valence-corrected chi connectivity index (χ4v) is 2.99. The van der Waals surface area contributed by atoms with Crippen LogP contribution in [0.4, 0.5) is 0 Å². The summed E-state index contributed by atoms with van der Waals surface area (Å²) in [6.45, 7) is 16.8. The first-order valence-corrected chi connectivity index (χ1v) is 7.33. The molecule has 0 nitrogen and oxygen atoms in total. The van der Waals surface area contributed by atoms with Crippen LogP contribution in [-0.2, 0) is 10.8 Å². The van der Waals surface area contributed by atoms with Crippen LogP contribution in [0.1, 0.15) is 67.9 Å². The normalized spacial score (nSPS) is 15.1. The first-order chi connectivity index (χ1) is 10.3. The minimum Gasteiger partial charge on any atom is -0.0614 e. The van der Waals surface area contributed by atoms with Crippen molar-refractivity contribution in [3.05, 3.63) is 46.4 Å². The molecule has 0 amide bonds. The van der Waals surface area contributed by atoms with Crippen LogP contribution in [0, 0.1) is 13.8 Å². The summed E-state index contributed by atoms with van der Waals surface area (Å²) >= 11 is 0. The van der Waals surface area contributed by atoms with Crippen LogP contribution in [0.5, 0.6) is 0 Å². The molecule has 0 saturated carbocycles. The first-order valence-electron chi connectivity index (χ1n) is 8.83. The van der Waals surface area contributed by atoms with Gasteiger partial charge in [0.05, 0.1) is 4.11 Å². The zero-order chi connectivity index (χ0) is 17.9. The van der Waals surface area contributed by atoms with Gasteiger partial charge in [0.2, 0.25) is 0 Å². The second kappa shape index (κ2) is 4.62. The maximum Gasteiger partial charge on any atom is 0.0629 e. The second-order valence-corrected chi connectivity index (χ2v) is 7.83. The quantitative estimate of drug-likeness (QED) is 0.547. The summed E-state index contributed by atoms with van der Waals surface area (Å²) in [5.41, 5.74) is 3.64. The van der Waals surface area contributed by atoms with E-state index in [-0.39, 0.29) is 22.9 Å². The van der Waals surface area contributed by atoms with Crippen molar-refractivity contribution in [1.29, 1.82) is 0 Å². The molecule has 2 aromatic carbocycles. The van der Waals surface area contributed by atoms with Crippen molar-refractivity contribution in [2.75, 3.05) is 0 Å². The Morgan fingerprint density at radius 2 is 1.45 bits per heavy atom. The van der Waals surface area contributed by atoms with Gasteiger partial charge in [0, 0.05) is 0 Å². The van der Waals surface area contributed by atoms with E-state index in [4.69, 9.17) is 4.11 Å². The number of aryl methyl sites for hydroxylation is 2. The third-order valence-corrected chi connectivity index (χ3v) is 3.89. The van der Waals surface area contributed by atoms with Crippen LogP contribution in [0.2, 0.25) is 0 Å². The smallest absolute Gasteiger partial charge is 0.0614 e. The maximum atomic E-state index is 8.87. The summed E-state index contributed by atoms with van der Waals surface area (Å²) in [5.74, 6) is 0. The van der Waals surface area contributed by atoms with E-state index in [0.29, 0.717) is 6.04 Å².